The van der Waals surface area contributed by atoms with Crippen LogP contribution in [-0.2, 0) is 9.53 Å². The summed E-state index contributed by atoms with van der Waals surface area (Å²) in [5, 5.41) is 11.5. The number of benzene rings is 1. The fourth-order valence-corrected chi connectivity index (χ4v) is 2.34. The van der Waals surface area contributed by atoms with E-state index in [1.807, 2.05) is 0 Å². The van der Waals surface area contributed by atoms with Crippen molar-refractivity contribution >= 4 is 27.8 Å². The molecule has 0 heterocycles. The van der Waals surface area contributed by atoms with Gasteiger partial charge >= 0.3 is 5.97 Å². The number of rotatable bonds is 9. The Balaban J connectivity index is 2.93. The summed E-state index contributed by atoms with van der Waals surface area (Å²) in [5.74, 6) is -0.974. The van der Waals surface area contributed by atoms with E-state index in [9.17, 15) is 9.59 Å². The van der Waals surface area contributed by atoms with E-state index in [0.717, 1.165) is 0 Å². The first-order chi connectivity index (χ1) is 10.9. The largest absolute Gasteiger partial charge is 0.493 e. The molecule has 0 fully saturated rings. The van der Waals surface area contributed by atoms with Gasteiger partial charge in [-0.3, -0.25) is 4.79 Å². The van der Waals surface area contributed by atoms with Crippen molar-refractivity contribution in [2.75, 3.05) is 27.4 Å². The highest BCUT2D eigenvalue weighted by atomic mass is 79.9. The molecule has 1 rings (SSSR count). The van der Waals surface area contributed by atoms with E-state index < -0.39 is 17.9 Å². The van der Waals surface area contributed by atoms with Gasteiger partial charge in [-0.25, -0.2) is 4.79 Å². The Bertz CT molecular complexity index is 590. The summed E-state index contributed by atoms with van der Waals surface area (Å²) in [5.41, 5.74) is 0.226. The van der Waals surface area contributed by atoms with Crippen LogP contribution in [0.25, 0.3) is 0 Å². The number of methoxy groups -OCH3 is 2. The average Bonchev–Trinajstić information content (AvgIpc) is 2.52. The van der Waals surface area contributed by atoms with Crippen LogP contribution < -0.4 is 14.8 Å². The lowest BCUT2D eigenvalue weighted by molar-refractivity contribution is -0.140. The molecule has 1 aromatic carbocycles. The number of amides is 1. The van der Waals surface area contributed by atoms with E-state index >= 15 is 0 Å². The van der Waals surface area contributed by atoms with Crippen LogP contribution in [0.3, 0.4) is 0 Å². The first kappa shape index (κ1) is 19.0. The van der Waals surface area contributed by atoms with Crippen molar-refractivity contribution in [1.29, 1.82) is 0 Å². The Hall–Kier alpha value is -2.06. The van der Waals surface area contributed by atoms with Crippen molar-refractivity contribution < 1.29 is 28.9 Å². The van der Waals surface area contributed by atoms with Crippen LogP contribution in [0.15, 0.2) is 29.3 Å². The number of carboxylic acid groups (broad SMARTS) is 1. The van der Waals surface area contributed by atoms with Crippen LogP contribution in [0.2, 0.25) is 0 Å². The molecule has 0 aliphatic heterocycles. The van der Waals surface area contributed by atoms with Gasteiger partial charge in [0.2, 0.25) is 0 Å². The van der Waals surface area contributed by atoms with Crippen LogP contribution in [-0.4, -0.2) is 50.5 Å². The summed E-state index contributed by atoms with van der Waals surface area (Å²) in [7, 11) is 2.91. The zero-order valence-corrected chi connectivity index (χ0v) is 14.4. The minimum atomic E-state index is -1.19. The molecule has 7 nitrogen and oxygen atoms in total. The standard InChI is InChI=1S/C15H18BrNO6/c1-4-5-23-8-11(15(19)20)17-14(18)9-6-10(16)13(22-3)12(7-9)21-2/h4,6-7,11H,1,5,8H2,2-3H3,(H,17,18)(H,19,20). The van der Waals surface area contributed by atoms with Gasteiger partial charge in [-0.1, -0.05) is 6.08 Å². The van der Waals surface area contributed by atoms with Crippen molar-refractivity contribution in [3.05, 3.63) is 34.8 Å². The lowest BCUT2D eigenvalue weighted by Crippen LogP contribution is -2.44. The molecule has 1 unspecified atom stereocenters. The molecular formula is C15H18BrNO6. The molecule has 1 amide bonds. The highest BCUT2D eigenvalue weighted by Gasteiger charge is 2.22. The zero-order chi connectivity index (χ0) is 17.4. The molecule has 1 atom stereocenters. The fraction of sp³-hybridized carbons (Fsp3) is 0.333. The molecule has 0 aromatic heterocycles. The minimum absolute atomic E-state index is 0.165. The molecule has 2 N–H and O–H groups in total. The Morgan fingerprint density at radius 3 is 2.61 bits per heavy atom. The van der Waals surface area contributed by atoms with E-state index in [1.165, 1.54) is 32.4 Å². The van der Waals surface area contributed by atoms with Crippen molar-refractivity contribution in [3.63, 3.8) is 0 Å². The highest BCUT2D eigenvalue weighted by Crippen LogP contribution is 2.36. The van der Waals surface area contributed by atoms with E-state index in [4.69, 9.17) is 19.3 Å². The average molecular weight is 388 g/mol. The molecule has 0 aliphatic rings. The quantitative estimate of drug-likeness (QED) is 0.496. The second-order valence-electron chi connectivity index (χ2n) is 4.38. The van der Waals surface area contributed by atoms with E-state index in [0.29, 0.717) is 16.0 Å². The number of halogens is 1. The molecule has 0 spiro atoms. The summed E-state index contributed by atoms with van der Waals surface area (Å²) in [6.07, 6.45) is 1.49. The van der Waals surface area contributed by atoms with Crippen LogP contribution in [0.1, 0.15) is 10.4 Å². The Kier molecular flexibility index (Phi) is 7.56. The number of hydrogen-bond donors (Lipinski definition) is 2. The predicted octanol–water partition coefficient (Wildman–Crippen LogP) is 1.85. The van der Waals surface area contributed by atoms with E-state index in [-0.39, 0.29) is 18.8 Å². The summed E-state index contributed by atoms with van der Waals surface area (Å²) in [6.45, 7) is 3.50. The topological polar surface area (TPSA) is 94.1 Å². The lowest BCUT2D eigenvalue weighted by Gasteiger charge is -2.16. The fourth-order valence-electron chi connectivity index (χ4n) is 1.73. The molecule has 23 heavy (non-hydrogen) atoms. The monoisotopic (exact) mass is 387 g/mol. The molecule has 126 valence electrons. The van der Waals surface area contributed by atoms with Gasteiger partial charge in [-0.05, 0) is 28.1 Å². The van der Waals surface area contributed by atoms with Gasteiger partial charge in [-0.15, -0.1) is 6.58 Å². The maximum Gasteiger partial charge on any atom is 0.328 e. The SMILES string of the molecule is C=CCOCC(NC(=O)c1cc(Br)c(OC)c(OC)c1)C(=O)O. The molecular weight excluding hydrogens is 370 g/mol. The van der Waals surface area contributed by atoms with Crippen LogP contribution in [0.5, 0.6) is 11.5 Å². The molecule has 0 radical (unpaired) electrons. The van der Waals surface area contributed by atoms with E-state index in [1.54, 1.807) is 0 Å². The summed E-state index contributed by atoms with van der Waals surface area (Å²) >= 11 is 3.28. The van der Waals surface area contributed by atoms with Gasteiger partial charge in [0.25, 0.3) is 5.91 Å². The van der Waals surface area contributed by atoms with Gasteiger partial charge < -0.3 is 24.6 Å². The Labute approximate surface area is 142 Å². The van der Waals surface area contributed by atoms with Gasteiger partial charge in [-0.2, -0.15) is 0 Å². The third-order valence-corrected chi connectivity index (χ3v) is 3.41. The predicted molar refractivity (Wildman–Crippen MR) is 87.2 cm³/mol. The van der Waals surface area contributed by atoms with Gasteiger partial charge in [0.15, 0.2) is 17.5 Å². The molecule has 0 saturated heterocycles. The van der Waals surface area contributed by atoms with Crippen LogP contribution >= 0.6 is 15.9 Å². The number of carbonyl (C=O) groups excluding carboxylic acids is 1. The summed E-state index contributed by atoms with van der Waals surface area (Å²) in [4.78, 5) is 23.4. The normalized spacial score (nSPS) is 11.4. The van der Waals surface area contributed by atoms with Crippen molar-refractivity contribution in [2.45, 2.75) is 6.04 Å². The van der Waals surface area contributed by atoms with Crippen molar-refractivity contribution in [3.8, 4) is 11.5 Å². The maximum atomic E-state index is 12.2. The number of hydrogen-bond acceptors (Lipinski definition) is 5. The minimum Gasteiger partial charge on any atom is -0.493 e. The first-order valence-corrected chi connectivity index (χ1v) is 7.37. The van der Waals surface area contributed by atoms with Gasteiger partial charge in [0.05, 0.1) is 31.9 Å². The van der Waals surface area contributed by atoms with Crippen molar-refractivity contribution in [1.82, 2.24) is 5.32 Å². The van der Waals surface area contributed by atoms with Crippen molar-refractivity contribution in [2.24, 2.45) is 0 Å². The van der Waals surface area contributed by atoms with Gasteiger partial charge in [0.1, 0.15) is 0 Å². The number of carbonyl (C=O) groups is 2. The number of aliphatic carboxylic acids is 1. The first-order valence-electron chi connectivity index (χ1n) is 6.58. The Morgan fingerprint density at radius 1 is 1.39 bits per heavy atom. The third kappa shape index (κ3) is 5.26. The molecule has 0 bridgehead atoms. The molecule has 0 saturated carbocycles. The third-order valence-electron chi connectivity index (χ3n) is 2.82. The number of nitrogens with one attached hydrogen (secondary N) is 1. The smallest absolute Gasteiger partial charge is 0.328 e. The number of carboxylic acids is 1. The highest BCUT2D eigenvalue weighted by molar-refractivity contribution is 9.10. The maximum absolute atomic E-state index is 12.2. The second kappa shape index (κ2) is 9.16. The summed E-state index contributed by atoms with van der Waals surface area (Å²) in [6, 6.07) is 1.80. The van der Waals surface area contributed by atoms with Gasteiger partial charge in [0, 0.05) is 5.56 Å². The van der Waals surface area contributed by atoms with Crippen LogP contribution in [0.4, 0.5) is 0 Å². The lowest BCUT2D eigenvalue weighted by atomic mass is 10.1. The molecule has 0 aliphatic carbocycles. The molecule has 8 heteroatoms. The van der Waals surface area contributed by atoms with Crippen LogP contribution in [0, 0.1) is 0 Å². The second-order valence-corrected chi connectivity index (χ2v) is 5.24. The molecule has 1 aromatic rings. The van der Waals surface area contributed by atoms with E-state index in [2.05, 4.69) is 27.8 Å². The zero-order valence-electron chi connectivity index (χ0n) is 12.8. The summed E-state index contributed by atoms with van der Waals surface area (Å²) < 4.78 is 15.9. The number of ether oxygens (including phenoxy) is 3. The Morgan fingerprint density at radius 2 is 2.09 bits per heavy atom.